The number of carboxylic acids is 1. The van der Waals surface area contributed by atoms with Crippen molar-refractivity contribution in [2.75, 3.05) is 7.05 Å². The van der Waals surface area contributed by atoms with Crippen LogP contribution in [-0.2, 0) is 19.2 Å². The van der Waals surface area contributed by atoms with Crippen LogP contribution in [0, 0.1) is 11.3 Å². The summed E-state index contributed by atoms with van der Waals surface area (Å²) in [6.07, 6.45) is 4.34. The Labute approximate surface area is 194 Å². The number of hydrogen-bond acceptors (Lipinski definition) is 5. The summed E-state index contributed by atoms with van der Waals surface area (Å²) in [5.74, 6) is -2.26. The number of carbonyl (C=O) groups excluding carboxylic acids is 3. The number of likely N-dealkylation sites (N-methyl/N-ethyl adjacent to an activating group) is 1. The predicted octanol–water partition coefficient (Wildman–Crippen LogP) is 2.80. The smallest absolute Gasteiger partial charge is 0.331 e. The normalized spacial score (nSPS) is 14.5. The first-order valence-corrected chi connectivity index (χ1v) is 10.7. The topological polar surface area (TPSA) is 129 Å². The summed E-state index contributed by atoms with van der Waals surface area (Å²) < 4.78 is 5.23. The molecule has 3 N–H and O–H groups in total. The molecule has 9 heteroatoms. The van der Waals surface area contributed by atoms with Crippen LogP contribution < -0.4 is 10.6 Å². The van der Waals surface area contributed by atoms with Crippen LogP contribution in [-0.4, -0.2) is 52.8 Å². The maximum atomic E-state index is 13.5. The summed E-state index contributed by atoms with van der Waals surface area (Å²) in [5.41, 5.74) is -0.622. The molecular weight excluding hydrogens is 426 g/mol. The summed E-state index contributed by atoms with van der Waals surface area (Å²) >= 11 is 0. The number of amides is 3. The highest BCUT2D eigenvalue weighted by molar-refractivity contribution is 6.02. The molecule has 0 aliphatic rings. The molecule has 1 aromatic rings. The number of nitrogens with zero attached hydrogens (tertiary/aromatic N) is 1. The second-order valence-electron chi connectivity index (χ2n) is 9.37. The van der Waals surface area contributed by atoms with Gasteiger partial charge in [0.05, 0.1) is 12.3 Å². The van der Waals surface area contributed by atoms with Gasteiger partial charge in [0.15, 0.2) is 0 Å². The predicted molar refractivity (Wildman–Crippen MR) is 125 cm³/mol. The van der Waals surface area contributed by atoms with Gasteiger partial charge in [-0.25, -0.2) is 4.79 Å². The fraction of sp³-hybridized carbons (Fsp3) is 0.500. The third-order valence-electron chi connectivity index (χ3n) is 5.01. The molecule has 0 fully saturated rings. The Balaban J connectivity index is 3.29. The summed E-state index contributed by atoms with van der Waals surface area (Å²) in [6.45, 7) is 11.9. The van der Waals surface area contributed by atoms with Gasteiger partial charge >= 0.3 is 5.97 Å². The molecule has 33 heavy (non-hydrogen) atoms. The first-order chi connectivity index (χ1) is 15.1. The van der Waals surface area contributed by atoms with Gasteiger partial charge < -0.3 is 25.1 Å². The standard InChI is InChI=1S/C24H35N3O6/c1-14(2)19(12-15(3)23(31)32)27(8)22(30)20(24(5,6)7)26-21(29)18(25-16(4)28)13-17-10-9-11-33-17/h9-14,19-20H,1-8H3,(H,25,28)(H,26,29)(H,31,32)/b15-12+,18-13-/t19-,20-/m1/s1. The lowest BCUT2D eigenvalue weighted by Crippen LogP contribution is -2.57. The lowest BCUT2D eigenvalue weighted by Gasteiger charge is -2.37. The maximum absolute atomic E-state index is 13.5. The van der Waals surface area contributed by atoms with Crippen LogP contribution in [0.15, 0.2) is 40.2 Å². The molecular formula is C24H35N3O6. The highest BCUT2D eigenvalue weighted by atomic mass is 16.4. The third kappa shape index (κ3) is 8.25. The summed E-state index contributed by atoms with van der Waals surface area (Å²) in [7, 11) is 1.58. The van der Waals surface area contributed by atoms with Gasteiger partial charge in [-0.05, 0) is 30.4 Å². The van der Waals surface area contributed by atoms with Crippen molar-refractivity contribution in [3.63, 3.8) is 0 Å². The SMILES string of the molecule is CC(=O)N/C(=C\c1ccco1)C(=O)N[C@H](C(=O)N(C)[C@H](/C=C(\C)C(=O)O)C(C)C)C(C)(C)C. The first-order valence-electron chi connectivity index (χ1n) is 10.7. The molecule has 0 aliphatic carbocycles. The molecule has 0 radical (unpaired) electrons. The molecule has 1 aromatic heterocycles. The minimum absolute atomic E-state index is 0.0656. The van der Waals surface area contributed by atoms with Gasteiger partial charge in [0.25, 0.3) is 5.91 Å². The van der Waals surface area contributed by atoms with Gasteiger partial charge in [-0.1, -0.05) is 40.7 Å². The molecule has 9 nitrogen and oxygen atoms in total. The van der Waals surface area contributed by atoms with E-state index in [1.54, 1.807) is 40.0 Å². The monoisotopic (exact) mass is 461 g/mol. The van der Waals surface area contributed by atoms with Gasteiger partial charge in [-0.2, -0.15) is 0 Å². The van der Waals surface area contributed by atoms with Crippen molar-refractivity contribution in [2.45, 2.75) is 60.5 Å². The summed E-state index contributed by atoms with van der Waals surface area (Å²) in [5, 5.41) is 14.5. The number of hydrogen-bond donors (Lipinski definition) is 3. The lowest BCUT2D eigenvalue weighted by molar-refractivity contribution is -0.139. The molecule has 0 saturated heterocycles. The molecule has 0 spiro atoms. The van der Waals surface area contributed by atoms with Gasteiger partial charge in [-0.15, -0.1) is 0 Å². The Morgan fingerprint density at radius 2 is 1.76 bits per heavy atom. The van der Waals surface area contributed by atoms with Gasteiger partial charge in [0.1, 0.15) is 17.5 Å². The lowest BCUT2D eigenvalue weighted by atomic mass is 9.85. The first kappa shape index (κ1) is 27.7. The van der Waals surface area contributed by atoms with Gasteiger partial charge in [0, 0.05) is 25.6 Å². The Morgan fingerprint density at radius 1 is 1.15 bits per heavy atom. The van der Waals surface area contributed by atoms with Crippen molar-refractivity contribution in [3.05, 3.63) is 41.5 Å². The molecule has 0 aliphatic heterocycles. The van der Waals surface area contributed by atoms with E-state index in [2.05, 4.69) is 10.6 Å². The molecule has 182 valence electrons. The Hall–Kier alpha value is -3.36. The van der Waals surface area contributed by atoms with E-state index in [9.17, 15) is 24.3 Å². The van der Waals surface area contributed by atoms with Crippen LogP contribution in [0.3, 0.4) is 0 Å². The number of aliphatic carboxylic acids is 1. The van der Waals surface area contributed by atoms with E-state index >= 15 is 0 Å². The average Bonchev–Trinajstić information content (AvgIpc) is 3.19. The van der Waals surface area contributed by atoms with Crippen LogP contribution in [0.1, 0.15) is 54.2 Å². The van der Waals surface area contributed by atoms with Crippen molar-refractivity contribution in [1.82, 2.24) is 15.5 Å². The van der Waals surface area contributed by atoms with E-state index in [4.69, 9.17) is 4.42 Å². The Bertz CT molecular complexity index is 922. The molecule has 2 atom stereocenters. The van der Waals surface area contributed by atoms with Crippen molar-refractivity contribution >= 4 is 29.8 Å². The van der Waals surface area contributed by atoms with E-state index in [1.807, 2.05) is 13.8 Å². The number of rotatable bonds is 9. The van der Waals surface area contributed by atoms with Crippen LogP contribution in [0.5, 0.6) is 0 Å². The van der Waals surface area contributed by atoms with E-state index in [0.717, 1.165) is 0 Å². The Morgan fingerprint density at radius 3 is 2.18 bits per heavy atom. The van der Waals surface area contributed by atoms with E-state index < -0.39 is 35.3 Å². The van der Waals surface area contributed by atoms with Gasteiger partial charge in [-0.3, -0.25) is 14.4 Å². The van der Waals surface area contributed by atoms with E-state index in [1.165, 1.54) is 37.2 Å². The molecule has 0 unspecified atom stereocenters. The molecule has 0 saturated carbocycles. The minimum atomic E-state index is -1.06. The second kappa shape index (κ2) is 11.5. The van der Waals surface area contributed by atoms with E-state index in [0.29, 0.717) is 5.76 Å². The van der Waals surface area contributed by atoms with Crippen molar-refractivity contribution in [2.24, 2.45) is 11.3 Å². The zero-order valence-electron chi connectivity index (χ0n) is 20.6. The zero-order chi connectivity index (χ0) is 25.5. The van der Waals surface area contributed by atoms with Crippen molar-refractivity contribution < 1.29 is 28.7 Å². The number of carboxylic acid groups (broad SMARTS) is 1. The Kier molecular flexibility index (Phi) is 9.63. The van der Waals surface area contributed by atoms with Gasteiger partial charge in [0.2, 0.25) is 11.8 Å². The second-order valence-corrected chi connectivity index (χ2v) is 9.37. The van der Waals surface area contributed by atoms with Crippen molar-refractivity contribution in [3.8, 4) is 0 Å². The maximum Gasteiger partial charge on any atom is 0.331 e. The quantitative estimate of drug-likeness (QED) is 0.485. The molecule has 1 heterocycles. The highest BCUT2D eigenvalue weighted by Gasteiger charge is 2.37. The van der Waals surface area contributed by atoms with Crippen LogP contribution in [0.25, 0.3) is 6.08 Å². The summed E-state index contributed by atoms with van der Waals surface area (Å²) in [6, 6.07) is 1.82. The fourth-order valence-corrected chi connectivity index (χ4v) is 3.15. The third-order valence-corrected chi connectivity index (χ3v) is 5.01. The largest absolute Gasteiger partial charge is 0.478 e. The molecule has 3 amide bonds. The van der Waals surface area contributed by atoms with Crippen LogP contribution in [0.2, 0.25) is 0 Å². The zero-order valence-corrected chi connectivity index (χ0v) is 20.6. The average molecular weight is 462 g/mol. The minimum Gasteiger partial charge on any atom is -0.478 e. The van der Waals surface area contributed by atoms with Crippen LogP contribution in [0.4, 0.5) is 0 Å². The van der Waals surface area contributed by atoms with E-state index in [-0.39, 0.29) is 23.1 Å². The highest BCUT2D eigenvalue weighted by Crippen LogP contribution is 2.24. The molecule has 0 bridgehead atoms. The fourth-order valence-electron chi connectivity index (χ4n) is 3.15. The molecule has 0 aromatic carbocycles. The number of nitrogens with one attached hydrogen (secondary N) is 2. The van der Waals surface area contributed by atoms with Crippen LogP contribution >= 0.6 is 0 Å². The summed E-state index contributed by atoms with van der Waals surface area (Å²) in [4.78, 5) is 50.9. The van der Waals surface area contributed by atoms with Crippen molar-refractivity contribution in [1.29, 1.82) is 0 Å². The number of carbonyl (C=O) groups is 4. The number of furan rings is 1. The molecule has 1 rings (SSSR count).